The van der Waals surface area contributed by atoms with Gasteiger partial charge in [-0.3, -0.25) is 0 Å². The Bertz CT molecular complexity index is 287. The molecule has 0 saturated carbocycles. The molecule has 0 rings (SSSR count). The molecule has 78 valence electrons. The van der Waals surface area contributed by atoms with Gasteiger partial charge in [-0.25, -0.2) is 13.2 Å². The first-order chi connectivity index (χ1) is 5.69. The van der Waals surface area contributed by atoms with E-state index >= 15 is 0 Å². The fraction of sp³-hybridized carbons (Fsp3) is 0.800. The lowest BCUT2D eigenvalue weighted by atomic mass is 10.4. The highest BCUT2D eigenvalue weighted by Crippen LogP contribution is 2.19. The SMILES string of the molecule is CCOC(=O)C(F)(F)CS(=O)(=O)Cl. The molecule has 0 spiro atoms. The Morgan fingerprint density at radius 3 is 2.31 bits per heavy atom. The second kappa shape index (κ2) is 4.19. The van der Waals surface area contributed by atoms with Gasteiger partial charge in [0.05, 0.1) is 6.61 Å². The minimum atomic E-state index is -4.42. The normalized spacial score (nSPS) is 12.6. The number of rotatable bonds is 4. The van der Waals surface area contributed by atoms with Crippen molar-refractivity contribution < 1.29 is 26.7 Å². The molecule has 0 amide bonds. The lowest BCUT2D eigenvalue weighted by molar-refractivity contribution is -0.168. The van der Waals surface area contributed by atoms with Crippen LogP contribution >= 0.6 is 10.7 Å². The average Bonchev–Trinajstić information content (AvgIpc) is 1.82. The van der Waals surface area contributed by atoms with Crippen molar-refractivity contribution in [2.75, 3.05) is 12.4 Å². The van der Waals surface area contributed by atoms with Gasteiger partial charge in [-0.2, -0.15) is 8.78 Å². The van der Waals surface area contributed by atoms with Crippen molar-refractivity contribution in [1.29, 1.82) is 0 Å². The highest BCUT2D eigenvalue weighted by molar-refractivity contribution is 8.13. The van der Waals surface area contributed by atoms with E-state index in [2.05, 4.69) is 15.4 Å². The van der Waals surface area contributed by atoms with Gasteiger partial charge >= 0.3 is 11.9 Å². The molecule has 0 aromatic carbocycles. The highest BCUT2D eigenvalue weighted by atomic mass is 35.7. The van der Waals surface area contributed by atoms with Crippen molar-refractivity contribution >= 4 is 25.7 Å². The van der Waals surface area contributed by atoms with Crippen LogP contribution in [0, 0.1) is 0 Å². The van der Waals surface area contributed by atoms with Crippen LogP contribution in [0.3, 0.4) is 0 Å². The van der Waals surface area contributed by atoms with Crippen LogP contribution in [0.15, 0.2) is 0 Å². The van der Waals surface area contributed by atoms with Crippen molar-refractivity contribution in [3.8, 4) is 0 Å². The molecule has 0 aliphatic rings. The van der Waals surface area contributed by atoms with Crippen LogP contribution in [0.5, 0.6) is 0 Å². The van der Waals surface area contributed by atoms with E-state index < -0.39 is 26.7 Å². The minimum Gasteiger partial charge on any atom is -0.462 e. The molecule has 0 saturated heterocycles. The van der Waals surface area contributed by atoms with Gasteiger partial charge in [0.1, 0.15) is 5.75 Å². The number of carbonyl (C=O) groups is 1. The second-order valence-corrected chi connectivity index (χ2v) is 4.89. The number of esters is 1. The maximum absolute atomic E-state index is 12.6. The first kappa shape index (κ1) is 12.6. The van der Waals surface area contributed by atoms with Gasteiger partial charge < -0.3 is 4.74 Å². The Labute approximate surface area is 78.2 Å². The van der Waals surface area contributed by atoms with Crippen molar-refractivity contribution in [2.24, 2.45) is 0 Å². The highest BCUT2D eigenvalue weighted by Gasteiger charge is 2.44. The molecule has 0 N–H and O–H groups in total. The summed E-state index contributed by atoms with van der Waals surface area (Å²) in [5, 5.41) is 0. The molecule has 0 aromatic rings. The van der Waals surface area contributed by atoms with E-state index in [1.54, 1.807) is 0 Å². The van der Waals surface area contributed by atoms with Crippen LogP contribution in [0.2, 0.25) is 0 Å². The standard InChI is InChI=1S/C5H7ClF2O4S/c1-2-12-4(9)5(7,8)3-13(6,10)11/h2-3H2,1H3. The minimum absolute atomic E-state index is 0.253. The van der Waals surface area contributed by atoms with Gasteiger partial charge in [0.2, 0.25) is 9.05 Å². The maximum atomic E-state index is 12.6. The quantitative estimate of drug-likeness (QED) is 0.534. The molecule has 0 aliphatic carbocycles. The third-order valence-corrected chi connectivity index (χ3v) is 1.96. The third kappa shape index (κ3) is 4.99. The van der Waals surface area contributed by atoms with Crippen LogP contribution in [-0.2, 0) is 18.6 Å². The molecule has 0 unspecified atom stereocenters. The summed E-state index contributed by atoms with van der Waals surface area (Å²) in [5.74, 6) is -7.73. The van der Waals surface area contributed by atoms with E-state index in [9.17, 15) is 22.0 Å². The molecule has 0 fully saturated rings. The first-order valence-electron chi connectivity index (χ1n) is 3.16. The second-order valence-electron chi connectivity index (χ2n) is 2.11. The zero-order valence-electron chi connectivity index (χ0n) is 6.59. The van der Waals surface area contributed by atoms with E-state index in [1.165, 1.54) is 6.92 Å². The summed E-state index contributed by atoms with van der Waals surface area (Å²) in [4.78, 5) is 10.4. The van der Waals surface area contributed by atoms with E-state index in [4.69, 9.17) is 0 Å². The zero-order chi connectivity index (χ0) is 10.7. The van der Waals surface area contributed by atoms with Crippen LogP contribution in [0.1, 0.15) is 6.92 Å². The molecule has 4 nitrogen and oxygen atoms in total. The molecule has 13 heavy (non-hydrogen) atoms. The molecule has 0 heterocycles. The Balaban J connectivity index is 4.49. The van der Waals surface area contributed by atoms with E-state index in [-0.39, 0.29) is 6.61 Å². The zero-order valence-corrected chi connectivity index (χ0v) is 8.16. The number of halogens is 3. The summed E-state index contributed by atoms with van der Waals surface area (Å²) in [6, 6.07) is 0. The molecular formula is C5H7ClF2O4S. The summed E-state index contributed by atoms with van der Waals surface area (Å²) in [5.41, 5.74) is 0. The Hall–Kier alpha value is -0.430. The number of hydrogen-bond donors (Lipinski definition) is 0. The molecule has 0 aromatic heterocycles. The van der Waals surface area contributed by atoms with Gasteiger partial charge in [-0.05, 0) is 6.92 Å². The van der Waals surface area contributed by atoms with Crippen LogP contribution < -0.4 is 0 Å². The van der Waals surface area contributed by atoms with E-state index in [0.717, 1.165) is 0 Å². The smallest absolute Gasteiger partial charge is 0.378 e. The first-order valence-corrected chi connectivity index (χ1v) is 5.64. The topological polar surface area (TPSA) is 60.4 Å². The summed E-state index contributed by atoms with van der Waals surface area (Å²) in [6.07, 6.45) is 0. The lowest BCUT2D eigenvalue weighted by Gasteiger charge is -2.11. The van der Waals surface area contributed by atoms with E-state index in [0.29, 0.717) is 0 Å². The summed E-state index contributed by atoms with van der Waals surface area (Å²) in [6.45, 7) is 1.07. The van der Waals surface area contributed by atoms with Gasteiger partial charge in [0.25, 0.3) is 0 Å². The monoisotopic (exact) mass is 236 g/mol. The third-order valence-electron chi connectivity index (χ3n) is 0.928. The fourth-order valence-corrected chi connectivity index (χ4v) is 1.47. The molecule has 0 radical (unpaired) electrons. The van der Waals surface area contributed by atoms with E-state index in [1.807, 2.05) is 0 Å². The van der Waals surface area contributed by atoms with Crippen LogP contribution in [0.4, 0.5) is 8.78 Å². The van der Waals surface area contributed by atoms with Crippen LogP contribution in [-0.4, -0.2) is 32.7 Å². The van der Waals surface area contributed by atoms with Gasteiger partial charge in [-0.15, -0.1) is 0 Å². The number of alkyl halides is 2. The maximum Gasteiger partial charge on any atom is 0.378 e. The van der Waals surface area contributed by atoms with Crippen LogP contribution in [0.25, 0.3) is 0 Å². The van der Waals surface area contributed by atoms with Crippen molar-refractivity contribution in [1.82, 2.24) is 0 Å². The fourth-order valence-electron chi connectivity index (χ4n) is 0.512. The Morgan fingerprint density at radius 2 is 2.00 bits per heavy atom. The predicted molar refractivity (Wildman–Crippen MR) is 41.2 cm³/mol. The van der Waals surface area contributed by atoms with Crippen molar-refractivity contribution in [3.63, 3.8) is 0 Å². The molecule has 8 heteroatoms. The molecular weight excluding hydrogens is 230 g/mol. The van der Waals surface area contributed by atoms with Gasteiger partial charge in [-0.1, -0.05) is 0 Å². The average molecular weight is 237 g/mol. The lowest BCUT2D eigenvalue weighted by Crippen LogP contribution is -2.36. The van der Waals surface area contributed by atoms with Gasteiger partial charge in [0.15, 0.2) is 0 Å². The largest absolute Gasteiger partial charge is 0.462 e. The summed E-state index contributed by atoms with van der Waals surface area (Å²) >= 11 is 0. The summed E-state index contributed by atoms with van der Waals surface area (Å²) < 4.78 is 49.5. The van der Waals surface area contributed by atoms with Gasteiger partial charge in [0, 0.05) is 10.7 Å². The predicted octanol–water partition coefficient (Wildman–Crippen LogP) is 0.753. The number of carbonyl (C=O) groups excluding carboxylic acids is 1. The molecule has 0 aliphatic heterocycles. The number of ether oxygens (including phenoxy) is 1. The number of hydrogen-bond acceptors (Lipinski definition) is 4. The molecule has 0 bridgehead atoms. The Morgan fingerprint density at radius 1 is 1.54 bits per heavy atom. The Kier molecular flexibility index (Phi) is 4.05. The molecule has 0 atom stereocenters. The van der Waals surface area contributed by atoms with Crippen molar-refractivity contribution in [2.45, 2.75) is 12.8 Å². The van der Waals surface area contributed by atoms with Crippen molar-refractivity contribution in [3.05, 3.63) is 0 Å². The summed E-state index contributed by atoms with van der Waals surface area (Å²) in [7, 11) is 0.123.